The number of carbonyl (C=O) groups excluding carboxylic acids is 1. The van der Waals surface area contributed by atoms with Crippen LogP contribution in [-0.4, -0.2) is 46.7 Å². The second-order valence-corrected chi connectivity index (χ2v) is 6.15. The summed E-state index contributed by atoms with van der Waals surface area (Å²) in [6.45, 7) is 9.20. The van der Waals surface area contributed by atoms with Gasteiger partial charge >= 0.3 is 0 Å². The molecule has 2 N–H and O–H groups in total. The predicted molar refractivity (Wildman–Crippen MR) is 68.8 cm³/mol. The van der Waals surface area contributed by atoms with Crippen LogP contribution in [0.25, 0.3) is 0 Å². The average Bonchev–Trinajstić information content (AvgIpc) is 2.47. The normalized spacial score (nSPS) is 23.7. The highest BCUT2D eigenvalue weighted by Gasteiger charge is 2.27. The Morgan fingerprint density at radius 3 is 2.71 bits per heavy atom. The van der Waals surface area contributed by atoms with E-state index in [2.05, 4.69) is 10.2 Å². The molecular formula is C13H26N2O2. The third-order valence-electron chi connectivity index (χ3n) is 2.97. The van der Waals surface area contributed by atoms with Gasteiger partial charge in [-0.3, -0.25) is 9.69 Å². The molecule has 0 spiro atoms. The molecule has 1 amide bonds. The van der Waals surface area contributed by atoms with Crippen molar-refractivity contribution < 1.29 is 9.90 Å². The topological polar surface area (TPSA) is 52.6 Å². The van der Waals surface area contributed by atoms with Gasteiger partial charge < -0.3 is 10.4 Å². The fraction of sp³-hybridized carbons (Fsp3) is 0.923. The lowest BCUT2D eigenvalue weighted by atomic mass is 10.1. The zero-order valence-corrected chi connectivity index (χ0v) is 11.5. The molecule has 0 radical (unpaired) electrons. The quantitative estimate of drug-likeness (QED) is 0.777. The molecule has 0 bridgehead atoms. The lowest BCUT2D eigenvalue weighted by molar-refractivity contribution is -0.124. The van der Waals surface area contributed by atoms with Crippen LogP contribution >= 0.6 is 0 Å². The summed E-state index contributed by atoms with van der Waals surface area (Å²) in [7, 11) is 0. The molecule has 1 aliphatic rings. The molecule has 2 atom stereocenters. The number of hydrogen-bond donors (Lipinski definition) is 2. The summed E-state index contributed by atoms with van der Waals surface area (Å²) in [5.41, 5.74) is -0.170. The molecule has 1 heterocycles. The van der Waals surface area contributed by atoms with Gasteiger partial charge in [-0.2, -0.15) is 0 Å². The molecule has 4 nitrogen and oxygen atoms in total. The van der Waals surface area contributed by atoms with Crippen molar-refractivity contribution in [3.05, 3.63) is 0 Å². The molecule has 0 aromatic carbocycles. The van der Waals surface area contributed by atoms with E-state index in [1.54, 1.807) is 0 Å². The van der Waals surface area contributed by atoms with E-state index >= 15 is 0 Å². The summed E-state index contributed by atoms with van der Waals surface area (Å²) in [5, 5.41) is 12.4. The van der Waals surface area contributed by atoms with E-state index in [0.29, 0.717) is 12.6 Å². The van der Waals surface area contributed by atoms with Gasteiger partial charge in [-0.05, 0) is 53.5 Å². The highest BCUT2D eigenvalue weighted by Crippen LogP contribution is 2.20. The minimum atomic E-state index is -0.286. The van der Waals surface area contributed by atoms with Gasteiger partial charge in [0.15, 0.2) is 0 Å². The van der Waals surface area contributed by atoms with Crippen LogP contribution in [0.4, 0.5) is 0 Å². The number of amides is 1. The van der Waals surface area contributed by atoms with Crippen LogP contribution in [0.2, 0.25) is 0 Å². The van der Waals surface area contributed by atoms with Crippen LogP contribution in [0.1, 0.15) is 47.0 Å². The SMILES string of the molecule is CC(O)CC1CCCN1CC(=O)NC(C)(C)C. The summed E-state index contributed by atoms with van der Waals surface area (Å²) in [5.74, 6) is 0.0787. The van der Waals surface area contributed by atoms with E-state index in [1.807, 2.05) is 27.7 Å². The molecule has 0 aromatic rings. The van der Waals surface area contributed by atoms with Gasteiger partial charge in [0, 0.05) is 11.6 Å². The first kappa shape index (κ1) is 14.5. The Kier molecular flexibility index (Phi) is 4.95. The first-order chi connectivity index (χ1) is 7.78. The number of aliphatic hydroxyl groups is 1. The second-order valence-electron chi connectivity index (χ2n) is 6.15. The van der Waals surface area contributed by atoms with Gasteiger partial charge in [0.05, 0.1) is 12.6 Å². The predicted octanol–water partition coefficient (Wildman–Crippen LogP) is 1.14. The van der Waals surface area contributed by atoms with E-state index < -0.39 is 0 Å². The molecular weight excluding hydrogens is 216 g/mol. The third kappa shape index (κ3) is 5.50. The maximum atomic E-state index is 11.8. The molecule has 1 rings (SSSR count). The zero-order valence-electron chi connectivity index (χ0n) is 11.5. The fourth-order valence-corrected chi connectivity index (χ4v) is 2.41. The number of hydrogen-bond acceptors (Lipinski definition) is 3. The monoisotopic (exact) mass is 242 g/mol. The molecule has 0 saturated carbocycles. The summed E-state index contributed by atoms with van der Waals surface area (Å²) in [6.07, 6.45) is 2.70. The van der Waals surface area contributed by atoms with Crippen LogP contribution < -0.4 is 5.32 Å². The van der Waals surface area contributed by atoms with Crippen molar-refractivity contribution in [1.82, 2.24) is 10.2 Å². The minimum absolute atomic E-state index is 0.0787. The first-order valence-corrected chi connectivity index (χ1v) is 6.51. The van der Waals surface area contributed by atoms with Gasteiger partial charge in [-0.15, -0.1) is 0 Å². The Morgan fingerprint density at radius 2 is 2.18 bits per heavy atom. The summed E-state index contributed by atoms with van der Waals surface area (Å²) in [6, 6.07) is 0.362. The highest BCUT2D eigenvalue weighted by molar-refractivity contribution is 5.78. The van der Waals surface area contributed by atoms with Gasteiger partial charge in [0.25, 0.3) is 0 Å². The van der Waals surface area contributed by atoms with E-state index in [-0.39, 0.29) is 17.6 Å². The Bertz CT molecular complexity index is 259. The van der Waals surface area contributed by atoms with Crippen molar-refractivity contribution in [2.75, 3.05) is 13.1 Å². The van der Waals surface area contributed by atoms with Crippen molar-refractivity contribution >= 4 is 5.91 Å². The number of nitrogens with zero attached hydrogens (tertiary/aromatic N) is 1. The van der Waals surface area contributed by atoms with E-state index in [4.69, 9.17) is 0 Å². The third-order valence-corrected chi connectivity index (χ3v) is 2.97. The second kappa shape index (κ2) is 5.83. The van der Waals surface area contributed by atoms with Crippen LogP contribution in [-0.2, 0) is 4.79 Å². The molecule has 1 fully saturated rings. The summed E-state index contributed by atoms with van der Waals surface area (Å²) >= 11 is 0. The number of carbonyl (C=O) groups is 1. The molecule has 100 valence electrons. The van der Waals surface area contributed by atoms with Crippen LogP contribution in [0.15, 0.2) is 0 Å². The molecule has 1 aliphatic heterocycles. The Balaban J connectivity index is 2.42. The highest BCUT2D eigenvalue weighted by atomic mass is 16.3. The van der Waals surface area contributed by atoms with E-state index in [0.717, 1.165) is 25.8 Å². The van der Waals surface area contributed by atoms with Gasteiger partial charge in [0.2, 0.25) is 5.91 Å². The molecule has 0 aromatic heterocycles. The maximum Gasteiger partial charge on any atom is 0.234 e. The van der Waals surface area contributed by atoms with Crippen molar-refractivity contribution in [2.45, 2.75) is 64.6 Å². The number of aliphatic hydroxyl groups excluding tert-OH is 1. The maximum absolute atomic E-state index is 11.8. The van der Waals surface area contributed by atoms with Crippen LogP contribution in [0.5, 0.6) is 0 Å². The number of likely N-dealkylation sites (tertiary alicyclic amines) is 1. The molecule has 4 heteroatoms. The first-order valence-electron chi connectivity index (χ1n) is 6.51. The van der Waals surface area contributed by atoms with Gasteiger partial charge in [0.1, 0.15) is 0 Å². The van der Waals surface area contributed by atoms with E-state index in [1.165, 1.54) is 0 Å². The van der Waals surface area contributed by atoms with Crippen LogP contribution in [0.3, 0.4) is 0 Å². The Labute approximate surface area is 104 Å². The van der Waals surface area contributed by atoms with Gasteiger partial charge in [-0.1, -0.05) is 0 Å². The Hall–Kier alpha value is -0.610. The molecule has 17 heavy (non-hydrogen) atoms. The van der Waals surface area contributed by atoms with Crippen molar-refractivity contribution in [3.63, 3.8) is 0 Å². The number of nitrogens with one attached hydrogen (secondary N) is 1. The minimum Gasteiger partial charge on any atom is -0.393 e. The van der Waals surface area contributed by atoms with Crippen LogP contribution in [0, 0.1) is 0 Å². The fourth-order valence-electron chi connectivity index (χ4n) is 2.41. The summed E-state index contributed by atoms with van der Waals surface area (Å²) < 4.78 is 0. The lowest BCUT2D eigenvalue weighted by Crippen LogP contribution is -2.47. The van der Waals surface area contributed by atoms with Crippen molar-refractivity contribution in [3.8, 4) is 0 Å². The Morgan fingerprint density at radius 1 is 1.53 bits per heavy atom. The van der Waals surface area contributed by atoms with Crippen molar-refractivity contribution in [1.29, 1.82) is 0 Å². The average molecular weight is 242 g/mol. The standard InChI is InChI=1S/C13H26N2O2/c1-10(16)8-11-6-5-7-15(11)9-12(17)14-13(2,3)4/h10-11,16H,5-9H2,1-4H3,(H,14,17). The molecule has 1 saturated heterocycles. The smallest absolute Gasteiger partial charge is 0.234 e. The summed E-state index contributed by atoms with van der Waals surface area (Å²) in [4.78, 5) is 14.0. The molecule has 0 aliphatic carbocycles. The largest absolute Gasteiger partial charge is 0.393 e. The molecule has 2 unspecified atom stereocenters. The lowest BCUT2D eigenvalue weighted by Gasteiger charge is -2.27. The van der Waals surface area contributed by atoms with E-state index in [9.17, 15) is 9.90 Å². The number of rotatable bonds is 4. The van der Waals surface area contributed by atoms with Gasteiger partial charge in [-0.25, -0.2) is 0 Å². The van der Waals surface area contributed by atoms with Crippen molar-refractivity contribution in [2.24, 2.45) is 0 Å². The zero-order chi connectivity index (χ0) is 13.1.